The molecule has 0 aromatic carbocycles. The van der Waals surface area contributed by atoms with Crippen LogP contribution in [-0.4, -0.2) is 17.0 Å². The molecule has 0 rings (SSSR count). The van der Waals surface area contributed by atoms with E-state index in [-0.39, 0.29) is 69.9 Å². The quantitative estimate of drug-likeness (QED) is 0.285. The summed E-state index contributed by atoms with van der Waals surface area (Å²) in [4.78, 5) is 18.0. The van der Waals surface area contributed by atoms with Crippen LogP contribution in [0.15, 0.2) is 0 Å². The third-order valence-corrected chi connectivity index (χ3v) is 0.175. The Bertz CT molecular complexity index is 84.6. The molecule has 5 nitrogen and oxygen atoms in total. The van der Waals surface area contributed by atoms with E-state index in [4.69, 9.17) is 19.8 Å². The molecule has 0 aromatic heterocycles. The van der Waals surface area contributed by atoms with Gasteiger partial charge < -0.3 is 33.6 Å². The molecule has 0 spiro atoms. The molecule has 0 saturated heterocycles. The summed E-state index contributed by atoms with van der Waals surface area (Å²) in [6, 6.07) is 0. The Kier molecular flexibility index (Phi) is 29.1. The van der Waals surface area contributed by atoms with Gasteiger partial charge in [0.15, 0.2) is 5.97 Å². The van der Waals surface area contributed by atoms with Gasteiger partial charge in [0.2, 0.25) is 0 Å². The van der Waals surface area contributed by atoms with Crippen LogP contribution in [0.5, 0.6) is 0 Å². The Labute approximate surface area is 100 Å². The fraction of sp³-hybridized carbons (Fsp3) is 0. The van der Waals surface area contributed by atoms with Crippen molar-refractivity contribution in [2.24, 2.45) is 0 Å². The van der Waals surface area contributed by atoms with E-state index < -0.39 is 11.9 Å². The van der Waals surface area contributed by atoms with E-state index in [9.17, 15) is 0 Å². The monoisotopic (exact) mass is 181 g/mol. The first-order chi connectivity index (χ1) is 2.64. The molecular weight excluding hydrogens is 177 g/mol. The predicted octanol–water partition coefficient (Wildman–Crippen LogP) is -7.79. The van der Waals surface area contributed by atoms with Crippen LogP contribution in [0.2, 0.25) is 0 Å². The maximum absolute atomic E-state index is 9.04. The number of rotatable bonds is 0. The van der Waals surface area contributed by atoms with Gasteiger partial charge in [-0.15, -0.1) is 0 Å². The second-order valence-electron chi connectivity index (χ2n) is 0.593. The Morgan fingerprint density at radius 2 is 1.44 bits per heavy atom. The topological polar surface area (TPSA) is 114 Å². The van der Waals surface area contributed by atoms with Crippen molar-refractivity contribution in [3.63, 3.8) is 0 Å². The van der Waals surface area contributed by atoms with E-state index in [0.717, 1.165) is 0 Å². The minimum Gasteiger partial charge on any atom is -1.00 e. The molecule has 0 unspecified atom stereocenters. The molecule has 0 amide bonds. The third-order valence-electron chi connectivity index (χ3n) is 0.175. The number of halogens is 1. The molecule has 0 bridgehead atoms. The molecule has 5 N–H and O–H groups in total. The number of quaternary nitrogens is 1. The van der Waals surface area contributed by atoms with Crippen molar-refractivity contribution in [1.29, 1.82) is 0 Å². The molecule has 0 aliphatic heterocycles. The Morgan fingerprint density at radius 1 is 1.33 bits per heavy atom. The summed E-state index contributed by atoms with van der Waals surface area (Å²) < 4.78 is 0. The Hall–Kier alpha value is 0.826. The Balaban J connectivity index is -0.0000000417. The van der Waals surface area contributed by atoms with Gasteiger partial charge in [0, 0.05) is 0 Å². The first-order valence-corrected chi connectivity index (χ1v) is 1.09. The van der Waals surface area contributed by atoms with E-state index in [1.54, 1.807) is 0 Å². The van der Waals surface area contributed by atoms with Crippen LogP contribution in [0.25, 0.3) is 0 Å². The number of hydrogen-bond donors (Lipinski definition) is 2. The number of aliphatic carboxylic acids is 2. The van der Waals surface area contributed by atoms with Gasteiger partial charge in [-0.3, -0.25) is 0 Å². The van der Waals surface area contributed by atoms with Crippen molar-refractivity contribution in [1.82, 2.24) is 6.15 Å². The fourth-order valence-electron chi connectivity index (χ4n) is 0. The van der Waals surface area contributed by atoms with Crippen LogP contribution in [0.1, 0.15) is 0 Å². The smallest absolute Gasteiger partial charge is 1.00 e. The van der Waals surface area contributed by atoms with E-state index in [2.05, 4.69) is 0 Å². The zero-order valence-corrected chi connectivity index (χ0v) is 8.93. The maximum atomic E-state index is 9.04. The molecular formula is C2H5ClKNO4. The molecule has 0 fully saturated rings. The molecule has 7 heteroatoms. The molecule has 0 aromatic rings. The van der Waals surface area contributed by atoms with Gasteiger partial charge in [-0.25, -0.2) is 4.79 Å². The Morgan fingerprint density at radius 3 is 1.44 bits per heavy atom. The maximum Gasteiger partial charge on any atom is 1.00 e. The van der Waals surface area contributed by atoms with Crippen LogP contribution in [0.3, 0.4) is 0 Å². The zero-order chi connectivity index (χ0) is 5.15. The second kappa shape index (κ2) is 11.6. The van der Waals surface area contributed by atoms with Gasteiger partial charge >= 0.3 is 57.4 Å². The predicted molar refractivity (Wildman–Crippen MR) is 18.6 cm³/mol. The SMILES string of the molecule is O=C([O-])C(=O)O.[Cl-].[K+].[NH4+]. The standard InChI is InChI=1S/C2H2O4.ClH.K.H3N/c3-1(4)2(5)6;;;/h(H,3,4)(H,5,6);1H;;1H3/q;;+1;/p-1. The van der Waals surface area contributed by atoms with E-state index in [1.807, 2.05) is 0 Å². The first kappa shape index (κ1) is 22.6. The van der Waals surface area contributed by atoms with Crippen molar-refractivity contribution in [2.75, 3.05) is 0 Å². The van der Waals surface area contributed by atoms with E-state index >= 15 is 0 Å². The number of carboxylic acid groups (broad SMARTS) is 2. The van der Waals surface area contributed by atoms with Crippen LogP contribution in [0.4, 0.5) is 0 Å². The number of carboxylic acids is 2. The number of carbonyl (C=O) groups is 2. The van der Waals surface area contributed by atoms with Gasteiger partial charge in [0.25, 0.3) is 0 Å². The number of hydrogen-bond acceptors (Lipinski definition) is 3. The second-order valence-corrected chi connectivity index (χ2v) is 0.593. The van der Waals surface area contributed by atoms with Crippen molar-refractivity contribution < 1.29 is 83.6 Å². The summed E-state index contributed by atoms with van der Waals surface area (Å²) in [5.41, 5.74) is 0. The molecule has 50 valence electrons. The average Bonchev–Trinajstić information content (AvgIpc) is 1.36. The minimum absolute atomic E-state index is 0. The molecule has 0 heterocycles. The zero-order valence-electron chi connectivity index (χ0n) is 5.05. The van der Waals surface area contributed by atoms with Crippen molar-refractivity contribution in [3.8, 4) is 0 Å². The van der Waals surface area contributed by atoms with Crippen LogP contribution >= 0.6 is 0 Å². The summed E-state index contributed by atoms with van der Waals surface area (Å²) in [6.07, 6.45) is 0. The summed E-state index contributed by atoms with van der Waals surface area (Å²) in [7, 11) is 0. The summed E-state index contributed by atoms with van der Waals surface area (Å²) >= 11 is 0. The average molecular weight is 182 g/mol. The summed E-state index contributed by atoms with van der Waals surface area (Å²) in [6.45, 7) is 0. The normalized spacial score (nSPS) is 4.89. The molecule has 0 atom stereocenters. The minimum atomic E-state index is -2.07. The van der Waals surface area contributed by atoms with E-state index in [0.29, 0.717) is 0 Å². The summed E-state index contributed by atoms with van der Waals surface area (Å²) in [5.74, 6) is -4.01. The van der Waals surface area contributed by atoms with Gasteiger partial charge in [0.1, 0.15) is 0 Å². The third kappa shape index (κ3) is 17.7. The largest absolute Gasteiger partial charge is 1.00 e. The molecule has 0 aliphatic carbocycles. The van der Waals surface area contributed by atoms with Crippen molar-refractivity contribution in [3.05, 3.63) is 0 Å². The van der Waals surface area contributed by atoms with Crippen molar-refractivity contribution in [2.45, 2.75) is 0 Å². The van der Waals surface area contributed by atoms with Gasteiger partial charge in [0.05, 0.1) is 0 Å². The van der Waals surface area contributed by atoms with Crippen molar-refractivity contribution >= 4 is 11.9 Å². The molecule has 0 saturated carbocycles. The summed E-state index contributed by atoms with van der Waals surface area (Å²) in [5, 5.41) is 16.3. The number of carbonyl (C=O) groups excluding carboxylic acids is 1. The van der Waals surface area contributed by atoms with Crippen LogP contribution in [0, 0.1) is 0 Å². The molecule has 9 heavy (non-hydrogen) atoms. The van der Waals surface area contributed by atoms with Gasteiger partial charge in [-0.2, -0.15) is 0 Å². The van der Waals surface area contributed by atoms with Gasteiger partial charge in [-0.1, -0.05) is 0 Å². The van der Waals surface area contributed by atoms with Crippen LogP contribution in [-0.2, 0) is 9.59 Å². The van der Waals surface area contributed by atoms with Gasteiger partial charge in [-0.05, 0) is 0 Å². The first-order valence-electron chi connectivity index (χ1n) is 1.09. The van der Waals surface area contributed by atoms with Crippen LogP contribution < -0.4 is 75.0 Å². The van der Waals surface area contributed by atoms with E-state index in [1.165, 1.54) is 0 Å². The molecule has 0 radical (unpaired) electrons. The molecule has 0 aliphatic rings. The fourth-order valence-corrected chi connectivity index (χ4v) is 0.